The van der Waals surface area contributed by atoms with E-state index in [9.17, 15) is 8.78 Å². The van der Waals surface area contributed by atoms with Crippen molar-refractivity contribution in [3.8, 4) is 10.6 Å². The first-order valence-electron chi connectivity index (χ1n) is 6.79. The highest BCUT2D eigenvalue weighted by atomic mass is 32.1. The zero-order chi connectivity index (χ0) is 14.1. The third kappa shape index (κ3) is 2.36. The van der Waals surface area contributed by atoms with Crippen LogP contribution in [0.4, 0.5) is 8.78 Å². The smallest absolute Gasteiger partial charge is 0.136 e. The normalized spacial score (nSPS) is 18.1. The minimum atomic E-state index is -0.540. The van der Waals surface area contributed by atoms with Crippen molar-refractivity contribution in [2.24, 2.45) is 0 Å². The Morgan fingerprint density at radius 3 is 2.80 bits per heavy atom. The number of hydrogen-bond donors (Lipinski definition) is 1. The molecule has 2 aromatic rings. The Bertz CT molecular complexity index is 604. The fourth-order valence-electron chi connectivity index (χ4n) is 2.76. The molecule has 106 valence electrons. The number of fused-ring (bicyclic) bond motifs is 1. The molecule has 0 fully saturated rings. The Morgan fingerprint density at radius 2 is 2.10 bits per heavy atom. The van der Waals surface area contributed by atoms with Gasteiger partial charge in [0.15, 0.2) is 0 Å². The van der Waals surface area contributed by atoms with Crippen LogP contribution in [0, 0.1) is 11.6 Å². The summed E-state index contributed by atoms with van der Waals surface area (Å²) in [6.45, 7) is 0.857. The quantitative estimate of drug-likeness (QED) is 0.933. The second kappa shape index (κ2) is 5.58. The number of rotatable bonds is 3. The molecule has 1 heterocycles. The van der Waals surface area contributed by atoms with E-state index in [1.165, 1.54) is 34.4 Å². The largest absolute Gasteiger partial charge is 0.319 e. The summed E-state index contributed by atoms with van der Waals surface area (Å²) in [5.74, 6) is -0.730. The van der Waals surface area contributed by atoms with Gasteiger partial charge in [0, 0.05) is 17.3 Å². The molecule has 1 aliphatic carbocycles. The molecule has 0 saturated heterocycles. The second-order valence-corrected chi connectivity index (χ2v) is 6.15. The maximum absolute atomic E-state index is 13.9. The Balaban J connectivity index is 2.05. The predicted molar refractivity (Wildman–Crippen MR) is 77.1 cm³/mol. The fourth-order valence-corrected chi connectivity index (χ4v) is 4.00. The van der Waals surface area contributed by atoms with E-state index >= 15 is 0 Å². The lowest BCUT2D eigenvalue weighted by atomic mass is 9.91. The molecule has 1 aromatic heterocycles. The van der Waals surface area contributed by atoms with Crippen molar-refractivity contribution < 1.29 is 8.78 Å². The Morgan fingerprint density at radius 1 is 1.35 bits per heavy atom. The van der Waals surface area contributed by atoms with Crippen LogP contribution < -0.4 is 5.32 Å². The monoisotopic (exact) mass is 294 g/mol. The summed E-state index contributed by atoms with van der Waals surface area (Å²) in [6.07, 6.45) is 3.15. The summed E-state index contributed by atoms with van der Waals surface area (Å²) < 4.78 is 27.7. The maximum atomic E-state index is 13.9. The molecule has 0 amide bonds. The van der Waals surface area contributed by atoms with Crippen molar-refractivity contribution >= 4 is 11.3 Å². The van der Waals surface area contributed by atoms with Crippen LogP contribution in [-0.2, 0) is 6.42 Å². The average Bonchev–Trinajstić information content (AvgIpc) is 2.83. The summed E-state index contributed by atoms with van der Waals surface area (Å²) in [5.41, 5.74) is 1.03. The highest BCUT2D eigenvalue weighted by molar-refractivity contribution is 7.15. The molecule has 1 aliphatic rings. The van der Waals surface area contributed by atoms with Crippen molar-refractivity contribution in [2.45, 2.75) is 25.2 Å². The molecule has 20 heavy (non-hydrogen) atoms. The first-order chi connectivity index (χ1) is 9.70. The molecule has 1 unspecified atom stereocenters. The fraction of sp³-hybridized carbons (Fsp3) is 0.400. The Hall–Kier alpha value is -1.33. The van der Waals surface area contributed by atoms with Gasteiger partial charge in [-0.25, -0.2) is 13.8 Å². The molecule has 2 nitrogen and oxygen atoms in total. The lowest BCUT2D eigenvalue weighted by Gasteiger charge is -2.20. The lowest BCUT2D eigenvalue weighted by Crippen LogP contribution is -2.20. The van der Waals surface area contributed by atoms with Gasteiger partial charge in [0.25, 0.3) is 0 Å². The van der Waals surface area contributed by atoms with E-state index in [1.54, 1.807) is 0 Å². The number of benzene rings is 1. The molecule has 0 spiro atoms. The van der Waals surface area contributed by atoms with Crippen LogP contribution in [0.2, 0.25) is 0 Å². The van der Waals surface area contributed by atoms with E-state index < -0.39 is 11.6 Å². The highest BCUT2D eigenvalue weighted by Crippen LogP contribution is 2.39. The van der Waals surface area contributed by atoms with Crippen LogP contribution in [0.3, 0.4) is 0 Å². The van der Waals surface area contributed by atoms with Crippen molar-refractivity contribution in [3.63, 3.8) is 0 Å². The van der Waals surface area contributed by atoms with Crippen LogP contribution in [0.25, 0.3) is 10.6 Å². The van der Waals surface area contributed by atoms with Gasteiger partial charge in [-0.1, -0.05) is 6.07 Å². The molecular formula is C15H16F2N2S. The van der Waals surface area contributed by atoms with E-state index in [0.29, 0.717) is 10.9 Å². The van der Waals surface area contributed by atoms with E-state index in [0.717, 1.165) is 31.5 Å². The summed E-state index contributed by atoms with van der Waals surface area (Å²) in [7, 11) is 1.91. The van der Waals surface area contributed by atoms with Crippen LogP contribution in [0.1, 0.15) is 29.3 Å². The van der Waals surface area contributed by atoms with E-state index in [-0.39, 0.29) is 5.56 Å². The summed E-state index contributed by atoms with van der Waals surface area (Å²) in [4.78, 5) is 5.72. The van der Waals surface area contributed by atoms with Crippen LogP contribution >= 0.6 is 11.3 Å². The summed E-state index contributed by atoms with van der Waals surface area (Å²) in [6, 6.07) is 3.94. The van der Waals surface area contributed by atoms with E-state index in [4.69, 9.17) is 0 Å². The van der Waals surface area contributed by atoms with E-state index in [1.807, 2.05) is 7.05 Å². The number of hydrogen-bond acceptors (Lipinski definition) is 3. The zero-order valence-corrected chi connectivity index (χ0v) is 12.1. The van der Waals surface area contributed by atoms with Crippen molar-refractivity contribution in [1.29, 1.82) is 0 Å². The predicted octanol–water partition coefficient (Wildman–Crippen LogP) is 3.73. The van der Waals surface area contributed by atoms with Crippen LogP contribution in [0.5, 0.6) is 0 Å². The first-order valence-corrected chi connectivity index (χ1v) is 7.61. The number of nitrogens with zero attached hydrogens (tertiary/aromatic N) is 1. The van der Waals surface area contributed by atoms with Gasteiger partial charge >= 0.3 is 0 Å². The van der Waals surface area contributed by atoms with Gasteiger partial charge < -0.3 is 5.32 Å². The SMILES string of the molecule is CNCC1CCCc2sc(-c3c(F)cccc3F)nc21. The van der Waals surface area contributed by atoms with Gasteiger partial charge in [0.1, 0.15) is 16.6 Å². The number of aryl methyl sites for hydroxylation is 1. The van der Waals surface area contributed by atoms with Gasteiger partial charge in [0.2, 0.25) is 0 Å². The zero-order valence-electron chi connectivity index (χ0n) is 11.2. The van der Waals surface area contributed by atoms with Gasteiger partial charge in [0.05, 0.1) is 11.3 Å². The number of halogens is 2. The minimum Gasteiger partial charge on any atom is -0.319 e. The Labute approximate surface area is 120 Å². The minimum absolute atomic E-state index is 0.00936. The van der Waals surface area contributed by atoms with Crippen molar-refractivity contribution in [2.75, 3.05) is 13.6 Å². The third-order valence-electron chi connectivity index (χ3n) is 3.70. The molecule has 1 aromatic carbocycles. The molecule has 1 N–H and O–H groups in total. The second-order valence-electron chi connectivity index (χ2n) is 5.07. The van der Waals surface area contributed by atoms with Crippen LogP contribution in [-0.4, -0.2) is 18.6 Å². The van der Waals surface area contributed by atoms with Gasteiger partial charge in [-0.05, 0) is 38.4 Å². The maximum Gasteiger partial charge on any atom is 0.136 e. The number of thiazole rings is 1. The molecule has 3 rings (SSSR count). The molecule has 5 heteroatoms. The third-order valence-corrected chi connectivity index (χ3v) is 4.85. The van der Waals surface area contributed by atoms with Gasteiger partial charge in [-0.15, -0.1) is 11.3 Å². The summed E-state index contributed by atoms with van der Waals surface area (Å²) in [5, 5.41) is 3.63. The number of aromatic nitrogens is 1. The van der Waals surface area contributed by atoms with Crippen LogP contribution in [0.15, 0.2) is 18.2 Å². The first kappa shape index (κ1) is 13.6. The van der Waals surface area contributed by atoms with Crippen molar-refractivity contribution in [3.05, 3.63) is 40.4 Å². The van der Waals surface area contributed by atoms with Gasteiger partial charge in [-0.3, -0.25) is 0 Å². The number of likely N-dealkylation sites (N-methyl/N-ethyl adjacent to an activating group) is 1. The highest BCUT2D eigenvalue weighted by Gasteiger charge is 2.26. The molecular weight excluding hydrogens is 278 g/mol. The van der Waals surface area contributed by atoms with E-state index in [2.05, 4.69) is 10.3 Å². The average molecular weight is 294 g/mol. The topological polar surface area (TPSA) is 24.9 Å². The molecule has 1 atom stereocenters. The molecule has 0 radical (unpaired) electrons. The summed E-state index contributed by atoms with van der Waals surface area (Å²) >= 11 is 1.43. The lowest BCUT2D eigenvalue weighted by molar-refractivity contribution is 0.522. The molecule has 0 aliphatic heterocycles. The van der Waals surface area contributed by atoms with Crippen molar-refractivity contribution in [1.82, 2.24) is 10.3 Å². The Kier molecular flexibility index (Phi) is 3.81. The molecule has 0 saturated carbocycles. The van der Waals surface area contributed by atoms with Gasteiger partial charge in [-0.2, -0.15) is 0 Å². The molecule has 0 bridgehead atoms. The standard InChI is InChI=1S/C15H16F2N2S/c1-18-8-9-4-2-7-12-14(9)19-15(20-12)13-10(16)5-3-6-11(13)17/h3,5-6,9,18H,2,4,7-8H2,1H3. The number of nitrogens with one attached hydrogen (secondary N) is 1.